The number of hydrogen-bond acceptors (Lipinski definition) is 2. The molecule has 0 bridgehead atoms. The number of aryl methyl sites for hydroxylation is 1. The quantitative estimate of drug-likeness (QED) is 0.911. The van der Waals surface area contributed by atoms with Gasteiger partial charge in [-0.15, -0.1) is 0 Å². The van der Waals surface area contributed by atoms with Gasteiger partial charge in [0.1, 0.15) is 5.75 Å². The maximum atomic E-state index is 12.0. The third-order valence-electron chi connectivity index (χ3n) is 2.69. The van der Waals surface area contributed by atoms with Crippen molar-refractivity contribution < 1.29 is 9.90 Å². The van der Waals surface area contributed by atoms with E-state index in [1.807, 2.05) is 19.1 Å². The van der Waals surface area contributed by atoms with Crippen molar-refractivity contribution in [1.29, 1.82) is 0 Å². The van der Waals surface area contributed by atoms with E-state index < -0.39 is 0 Å². The predicted molar refractivity (Wildman–Crippen MR) is 78.2 cm³/mol. The molecular formula is C15H14BrNO2. The van der Waals surface area contributed by atoms with Gasteiger partial charge in [0.2, 0.25) is 0 Å². The highest BCUT2D eigenvalue weighted by Crippen LogP contribution is 2.15. The molecule has 2 N–H and O–H groups in total. The smallest absolute Gasteiger partial charge is 0.251 e. The number of benzene rings is 2. The van der Waals surface area contributed by atoms with Crippen molar-refractivity contribution in [2.24, 2.45) is 0 Å². The molecule has 0 saturated carbocycles. The Balaban J connectivity index is 2.03. The molecule has 0 heterocycles. The molecule has 0 aliphatic rings. The van der Waals surface area contributed by atoms with Crippen LogP contribution in [0.4, 0.5) is 0 Å². The van der Waals surface area contributed by atoms with Crippen molar-refractivity contribution >= 4 is 21.8 Å². The Hall–Kier alpha value is -1.81. The second kappa shape index (κ2) is 5.89. The summed E-state index contributed by atoms with van der Waals surface area (Å²) in [7, 11) is 0. The standard InChI is InChI=1S/C15H14BrNO2/c1-10-6-12(8-13(16)7-10)15(19)17-9-11-2-4-14(18)5-3-11/h2-8,18H,9H2,1H3,(H,17,19). The van der Waals surface area contributed by atoms with E-state index in [1.165, 1.54) is 0 Å². The largest absolute Gasteiger partial charge is 0.508 e. The number of carbonyl (C=O) groups excluding carboxylic acids is 1. The van der Waals surface area contributed by atoms with E-state index in [0.717, 1.165) is 15.6 Å². The van der Waals surface area contributed by atoms with Crippen LogP contribution in [0.5, 0.6) is 5.75 Å². The maximum Gasteiger partial charge on any atom is 0.251 e. The fourth-order valence-electron chi connectivity index (χ4n) is 1.77. The molecular weight excluding hydrogens is 306 g/mol. The average Bonchev–Trinajstić information content (AvgIpc) is 2.36. The Labute approximate surface area is 120 Å². The van der Waals surface area contributed by atoms with Gasteiger partial charge in [0, 0.05) is 16.6 Å². The molecule has 0 aliphatic carbocycles. The fraction of sp³-hybridized carbons (Fsp3) is 0.133. The van der Waals surface area contributed by atoms with Crippen LogP contribution >= 0.6 is 15.9 Å². The molecule has 0 spiro atoms. The summed E-state index contributed by atoms with van der Waals surface area (Å²) in [6, 6.07) is 12.4. The lowest BCUT2D eigenvalue weighted by molar-refractivity contribution is 0.0951. The molecule has 2 rings (SSSR count). The summed E-state index contributed by atoms with van der Waals surface area (Å²) >= 11 is 3.38. The maximum absolute atomic E-state index is 12.0. The highest BCUT2D eigenvalue weighted by atomic mass is 79.9. The number of carbonyl (C=O) groups is 1. The molecule has 98 valence electrons. The summed E-state index contributed by atoms with van der Waals surface area (Å²) in [6.45, 7) is 2.38. The zero-order valence-corrected chi connectivity index (χ0v) is 12.1. The number of nitrogens with one attached hydrogen (secondary N) is 1. The van der Waals surface area contributed by atoms with Crippen molar-refractivity contribution in [3.8, 4) is 5.75 Å². The van der Waals surface area contributed by atoms with Gasteiger partial charge in [-0.3, -0.25) is 4.79 Å². The lowest BCUT2D eigenvalue weighted by atomic mass is 10.1. The molecule has 0 saturated heterocycles. The Morgan fingerprint density at radius 2 is 1.89 bits per heavy atom. The topological polar surface area (TPSA) is 49.3 Å². The first kappa shape index (κ1) is 13.6. The Morgan fingerprint density at radius 3 is 2.53 bits per heavy atom. The summed E-state index contributed by atoms with van der Waals surface area (Å²) in [4.78, 5) is 12.0. The van der Waals surface area contributed by atoms with Gasteiger partial charge in [0.15, 0.2) is 0 Å². The Morgan fingerprint density at radius 1 is 1.21 bits per heavy atom. The van der Waals surface area contributed by atoms with Crippen molar-refractivity contribution in [2.75, 3.05) is 0 Å². The van der Waals surface area contributed by atoms with Crippen LogP contribution in [0, 0.1) is 6.92 Å². The minimum atomic E-state index is -0.113. The van der Waals surface area contributed by atoms with Crippen molar-refractivity contribution in [3.63, 3.8) is 0 Å². The third kappa shape index (κ3) is 3.83. The van der Waals surface area contributed by atoms with Crippen molar-refractivity contribution in [3.05, 3.63) is 63.6 Å². The molecule has 2 aromatic rings. The van der Waals surface area contributed by atoms with Crippen LogP contribution in [-0.2, 0) is 6.54 Å². The van der Waals surface area contributed by atoms with E-state index in [9.17, 15) is 9.90 Å². The van der Waals surface area contributed by atoms with Gasteiger partial charge in [0.05, 0.1) is 0 Å². The summed E-state index contributed by atoms with van der Waals surface area (Å²) < 4.78 is 0.891. The summed E-state index contributed by atoms with van der Waals surface area (Å²) in [6.07, 6.45) is 0. The number of amides is 1. The van der Waals surface area contributed by atoms with E-state index in [0.29, 0.717) is 12.1 Å². The third-order valence-corrected chi connectivity index (χ3v) is 3.15. The second-order valence-corrected chi connectivity index (χ2v) is 5.28. The molecule has 0 fully saturated rings. The average molecular weight is 320 g/mol. The molecule has 1 amide bonds. The molecule has 0 radical (unpaired) electrons. The van der Waals surface area contributed by atoms with E-state index in [-0.39, 0.29) is 11.7 Å². The van der Waals surface area contributed by atoms with Crippen LogP contribution in [0.2, 0.25) is 0 Å². The molecule has 0 atom stereocenters. The minimum Gasteiger partial charge on any atom is -0.508 e. The number of rotatable bonds is 3. The Bertz CT molecular complexity index is 573. The summed E-state index contributed by atoms with van der Waals surface area (Å²) in [5.41, 5.74) is 2.60. The molecule has 4 heteroatoms. The first-order valence-electron chi connectivity index (χ1n) is 5.88. The van der Waals surface area contributed by atoms with E-state index in [2.05, 4.69) is 21.2 Å². The molecule has 0 aromatic heterocycles. The van der Waals surface area contributed by atoms with Gasteiger partial charge in [0.25, 0.3) is 5.91 Å². The van der Waals surface area contributed by atoms with E-state index in [4.69, 9.17) is 0 Å². The van der Waals surface area contributed by atoms with Gasteiger partial charge >= 0.3 is 0 Å². The lowest BCUT2D eigenvalue weighted by Crippen LogP contribution is -2.22. The SMILES string of the molecule is Cc1cc(Br)cc(C(=O)NCc2ccc(O)cc2)c1. The highest BCUT2D eigenvalue weighted by Gasteiger charge is 2.06. The van der Waals surface area contributed by atoms with Crippen LogP contribution < -0.4 is 5.32 Å². The first-order chi connectivity index (χ1) is 9.04. The normalized spacial score (nSPS) is 10.2. The molecule has 3 nitrogen and oxygen atoms in total. The molecule has 0 unspecified atom stereocenters. The van der Waals surface area contributed by atoms with E-state index >= 15 is 0 Å². The van der Waals surface area contributed by atoms with Crippen LogP contribution in [0.3, 0.4) is 0 Å². The van der Waals surface area contributed by atoms with Gasteiger partial charge < -0.3 is 10.4 Å². The second-order valence-electron chi connectivity index (χ2n) is 4.37. The number of aromatic hydroxyl groups is 1. The fourth-order valence-corrected chi connectivity index (χ4v) is 2.37. The van der Waals surface area contributed by atoms with Crippen LogP contribution in [0.25, 0.3) is 0 Å². The highest BCUT2D eigenvalue weighted by molar-refractivity contribution is 9.10. The predicted octanol–water partition coefficient (Wildman–Crippen LogP) is 3.39. The van der Waals surface area contributed by atoms with Crippen molar-refractivity contribution in [2.45, 2.75) is 13.5 Å². The molecule has 19 heavy (non-hydrogen) atoms. The van der Waals surface area contributed by atoms with Gasteiger partial charge in [-0.1, -0.05) is 28.1 Å². The molecule has 0 aliphatic heterocycles. The van der Waals surface area contributed by atoms with Crippen LogP contribution in [0.15, 0.2) is 46.9 Å². The lowest BCUT2D eigenvalue weighted by Gasteiger charge is -2.07. The van der Waals surface area contributed by atoms with Crippen LogP contribution in [0.1, 0.15) is 21.5 Å². The summed E-state index contributed by atoms with van der Waals surface area (Å²) in [5, 5.41) is 12.0. The number of phenols is 1. The zero-order chi connectivity index (χ0) is 13.8. The van der Waals surface area contributed by atoms with Gasteiger partial charge in [-0.2, -0.15) is 0 Å². The Kier molecular flexibility index (Phi) is 4.22. The first-order valence-corrected chi connectivity index (χ1v) is 6.67. The molecule has 2 aromatic carbocycles. The van der Waals surface area contributed by atoms with Crippen LogP contribution in [-0.4, -0.2) is 11.0 Å². The number of hydrogen-bond donors (Lipinski definition) is 2. The van der Waals surface area contributed by atoms with Gasteiger partial charge in [-0.05, 0) is 48.4 Å². The van der Waals surface area contributed by atoms with Gasteiger partial charge in [-0.25, -0.2) is 0 Å². The monoisotopic (exact) mass is 319 g/mol. The number of phenolic OH excluding ortho intramolecular Hbond substituents is 1. The zero-order valence-electron chi connectivity index (χ0n) is 10.5. The van der Waals surface area contributed by atoms with Crippen molar-refractivity contribution in [1.82, 2.24) is 5.32 Å². The number of halogens is 1. The van der Waals surface area contributed by atoms with E-state index in [1.54, 1.807) is 30.3 Å². The summed E-state index contributed by atoms with van der Waals surface area (Å²) in [5.74, 6) is 0.107. The minimum absolute atomic E-state index is 0.113.